The SMILES string of the molecule is COc1ccc(C[C@H](CN2CCOCC2)[C@@H](CCCN2CCOCC2)Cc2ccc(OC)cc2)cc1. The normalized spacial score (nSPS) is 19.1. The Morgan fingerprint density at radius 1 is 0.667 bits per heavy atom. The lowest BCUT2D eigenvalue weighted by atomic mass is 9.79. The third-order valence-electron chi connectivity index (χ3n) is 7.73. The van der Waals surface area contributed by atoms with Crippen LogP contribution in [-0.2, 0) is 22.3 Å². The van der Waals surface area contributed by atoms with Crippen LogP contribution in [0.4, 0.5) is 0 Å². The molecule has 2 fully saturated rings. The summed E-state index contributed by atoms with van der Waals surface area (Å²) in [5.41, 5.74) is 2.79. The second kappa shape index (κ2) is 14.6. The van der Waals surface area contributed by atoms with Crippen molar-refractivity contribution in [2.75, 3.05) is 79.9 Å². The number of nitrogens with zero attached hydrogens (tertiary/aromatic N) is 2. The van der Waals surface area contributed by atoms with Crippen LogP contribution >= 0.6 is 0 Å². The van der Waals surface area contributed by atoms with E-state index in [9.17, 15) is 0 Å². The largest absolute Gasteiger partial charge is 0.497 e. The topological polar surface area (TPSA) is 43.4 Å². The molecule has 2 heterocycles. The summed E-state index contributed by atoms with van der Waals surface area (Å²) < 4.78 is 22.0. The Hall–Kier alpha value is -2.12. The van der Waals surface area contributed by atoms with Gasteiger partial charge in [0.25, 0.3) is 0 Å². The highest BCUT2D eigenvalue weighted by Gasteiger charge is 2.26. The number of morpholine rings is 2. The van der Waals surface area contributed by atoms with Gasteiger partial charge in [-0.3, -0.25) is 9.80 Å². The van der Waals surface area contributed by atoms with Crippen LogP contribution in [0, 0.1) is 11.8 Å². The Morgan fingerprint density at radius 3 is 1.64 bits per heavy atom. The number of hydrogen-bond acceptors (Lipinski definition) is 6. The van der Waals surface area contributed by atoms with E-state index in [1.165, 1.54) is 24.0 Å². The monoisotopic (exact) mass is 496 g/mol. The van der Waals surface area contributed by atoms with Gasteiger partial charge in [0.15, 0.2) is 0 Å². The van der Waals surface area contributed by atoms with E-state index in [0.717, 1.165) is 90.0 Å². The first-order chi connectivity index (χ1) is 17.7. The van der Waals surface area contributed by atoms with Gasteiger partial charge in [0.1, 0.15) is 11.5 Å². The Labute approximate surface area is 217 Å². The summed E-state index contributed by atoms with van der Waals surface area (Å²) in [4.78, 5) is 5.18. The average Bonchev–Trinajstić information content (AvgIpc) is 2.94. The van der Waals surface area contributed by atoms with Crippen molar-refractivity contribution in [2.24, 2.45) is 11.8 Å². The molecule has 0 aliphatic carbocycles. The van der Waals surface area contributed by atoms with Crippen molar-refractivity contribution in [3.8, 4) is 11.5 Å². The molecule has 198 valence electrons. The minimum absolute atomic E-state index is 0.572. The van der Waals surface area contributed by atoms with E-state index in [1.54, 1.807) is 14.2 Å². The summed E-state index contributed by atoms with van der Waals surface area (Å²) in [6, 6.07) is 17.4. The van der Waals surface area contributed by atoms with Crippen molar-refractivity contribution in [1.82, 2.24) is 9.80 Å². The zero-order valence-electron chi connectivity index (χ0n) is 22.2. The van der Waals surface area contributed by atoms with Crippen molar-refractivity contribution in [3.63, 3.8) is 0 Å². The number of ether oxygens (including phenoxy) is 4. The first-order valence-corrected chi connectivity index (χ1v) is 13.6. The van der Waals surface area contributed by atoms with Gasteiger partial charge in [0.2, 0.25) is 0 Å². The quantitative estimate of drug-likeness (QED) is 0.415. The molecule has 2 aromatic carbocycles. The predicted molar refractivity (Wildman–Crippen MR) is 144 cm³/mol. The van der Waals surface area contributed by atoms with E-state index >= 15 is 0 Å². The van der Waals surface area contributed by atoms with Crippen LogP contribution in [0.25, 0.3) is 0 Å². The smallest absolute Gasteiger partial charge is 0.118 e. The number of hydrogen-bond donors (Lipinski definition) is 0. The summed E-state index contributed by atoms with van der Waals surface area (Å²) in [5.74, 6) is 3.02. The second-order valence-corrected chi connectivity index (χ2v) is 10.1. The van der Waals surface area contributed by atoms with Crippen molar-refractivity contribution in [3.05, 3.63) is 59.7 Å². The first kappa shape index (κ1) is 26.9. The molecular weight excluding hydrogens is 452 g/mol. The summed E-state index contributed by atoms with van der Waals surface area (Å²) in [6.45, 7) is 9.88. The molecule has 2 aliphatic rings. The maximum Gasteiger partial charge on any atom is 0.118 e. The van der Waals surface area contributed by atoms with Crippen molar-refractivity contribution >= 4 is 0 Å². The molecule has 0 aromatic heterocycles. The van der Waals surface area contributed by atoms with Gasteiger partial charge in [-0.05, 0) is 79.5 Å². The molecule has 0 amide bonds. The summed E-state index contributed by atoms with van der Waals surface area (Å²) in [5, 5.41) is 0. The van der Waals surface area contributed by atoms with Gasteiger partial charge in [-0.2, -0.15) is 0 Å². The Bertz CT molecular complexity index is 862. The highest BCUT2D eigenvalue weighted by Crippen LogP contribution is 2.29. The minimum Gasteiger partial charge on any atom is -0.497 e. The molecule has 0 N–H and O–H groups in total. The molecule has 2 aliphatic heterocycles. The van der Waals surface area contributed by atoms with Gasteiger partial charge >= 0.3 is 0 Å². The van der Waals surface area contributed by atoms with E-state index < -0.39 is 0 Å². The maximum absolute atomic E-state index is 5.65. The van der Waals surface area contributed by atoms with Crippen molar-refractivity contribution < 1.29 is 18.9 Å². The Morgan fingerprint density at radius 2 is 1.14 bits per heavy atom. The molecule has 0 spiro atoms. The van der Waals surface area contributed by atoms with Gasteiger partial charge in [-0.1, -0.05) is 24.3 Å². The lowest BCUT2D eigenvalue weighted by Gasteiger charge is -2.35. The van der Waals surface area contributed by atoms with E-state index in [2.05, 4.69) is 58.3 Å². The third kappa shape index (κ3) is 8.48. The molecule has 6 heteroatoms. The summed E-state index contributed by atoms with van der Waals surface area (Å²) in [6.07, 6.45) is 4.63. The fourth-order valence-electron chi connectivity index (χ4n) is 5.53. The molecule has 2 atom stereocenters. The molecule has 2 saturated heterocycles. The maximum atomic E-state index is 5.65. The fraction of sp³-hybridized carbons (Fsp3) is 0.600. The van der Waals surface area contributed by atoms with Crippen LogP contribution in [-0.4, -0.2) is 89.7 Å². The Kier molecular flexibility index (Phi) is 10.9. The highest BCUT2D eigenvalue weighted by atomic mass is 16.5. The zero-order chi connectivity index (χ0) is 25.0. The first-order valence-electron chi connectivity index (χ1n) is 13.6. The van der Waals surface area contributed by atoms with Crippen LogP contribution in [0.5, 0.6) is 11.5 Å². The van der Waals surface area contributed by atoms with Crippen molar-refractivity contribution in [1.29, 1.82) is 0 Å². The number of methoxy groups -OCH3 is 2. The molecule has 0 bridgehead atoms. The molecular formula is C30H44N2O4. The molecule has 0 saturated carbocycles. The van der Waals surface area contributed by atoms with E-state index in [1.807, 2.05) is 0 Å². The highest BCUT2D eigenvalue weighted by molar-refractivity contribution is 5.29. The van der Waals surface area contributed by atoms with Crippen LogP contribution < -0.4 is 9.47 Å². The minimum atomic E-state index is 0.572. The Balaban J connectivity index is 1.50. The van der Waals surface area contributed by atoms with Gasteiger partial charge in [0, 0.05) is 32.7 Å². The summed E-state index contributed by atoms with van der Waals surface area (Å²) >= 11 is 0. The van der Waals surface area contributed by atoms with Crippen molar-refractivity contribution in [2.45, 2.75) is 25.7 Å². The fourth-order valence-corrected chi connectivity index (χ4v) is 5.53. The summed E-state index contributed by atoms with van der Waals surface area (Å²) in [7, 11) is 3.46. The van der Waals surface area contributed by atoms with Gasteiger partial charge in [-0.25, -0.2) is 0 Å². The molecule has 0 radical (unpaired) electrons. The van der Waals surface area contributed by atoms with E-state index in [4.69, 9.17) is 18.9 Å². The van der Waals surface area contributed by atoms with E-state index in [-0.39, 0.29) is 0 Å². The lowest BCUT2D eigenvalue weighted by molar-refractivity contribution is 0.0237. The molecule has 4 rings (SSSR count). The predicted octanol–water partition coefficient (Wildman–Crippen LogP) is 4.17. The molecule has 36 heavy (non-hydrogen) atoms. The average molecular weight is 497 g/mol. The zero-order valence-corrected chi connectivity index (χ0v) is 22.2. The molecule has 2 aromatic rings. The standard InChI is InChI=1S/C30H44N2O4/c1-33-29-9-5-25(6-10-29)22-27(4-3-13-31-14-18-35-19-15-31)28(24-32-16-20-36-21-17-32)23-26-7-11-30(34-2)12-8-26/h5-12,27-28H,3-4,13-24H2,1-2H3/t27-,28+/m0/s1. The molecule has 0 unspecified atom stereocenters. The van der Waals surface area contributed by atoms with Crippen LogP contribution in [0.2, 0.25) is 0 Å². The lowest BCUT2D eigenvalue weighted by Crippen LogP contribution is -2.42. The van der Waals surface area contributed by atoms with Crippen LogP contribution in [0.15, 0.2) is 48.5 Å². The second-order valence-electron chi connectivity index (χ2n) is 10.1. The van der Waals surface area contributed by atoms with Crippen LogP contribution in [0.1, 0.15) is 24.0 Å². The number of rotatable bonds is 13. The van der Waals surface area contributed by atoms with E-state index in [0.29, 0.717) is 11.8 Å². The van der Waals surface area contributed by atoms with Gasteiger partial charge in [-0.15, -0.1) is 0 Å². The van der Waals surface area contributed by atoms with Gasteiger partial charge in [0.05, 0.1) is 40.6 Å². The van der Waals surface area contributed by atoms with Crippen LogP contribution in [0.3, 0.4) is 0 Å². The third-order valence-corrected chi connectivity index (χ3v) is 7.73. The van der Waals surface area contributed by atoms with Gasteiger partial charge < -0.3 is 18.9 Å². The molecule has 6 nitrogen and oxygen atoms in total. The number of benzene rings is 2.